The summed E-state index contributed by atoms with van der Waals surface area (Å²) in [5.41, 5.74) is 9.51. The molecule has 45 heavy (non-hydrogen) atoms. The molecule has 2 heterocycles. The van der Waals surface area contributed by atoms with Crippen LogP contribution in [0.25, 0.3) is 21.8 Å². The van der Waals surface area contributed by atoms with E-state index in [1.54, 1.807) is 19.3 Å². The van der Waals surface area contributed by atoms with Crippen LogP contribution in [0.4, 0.5) is 0 Å². The summed E-state index contributed by atoms with van der Waals surface area (Å²) in [6.45, 7) is 7.52. The monoisotopic (exact) mass is 616 g/mol. The van der Waals surface area contributed by atoms with Crippen molar-refractivity contribution < 1.29 is 24.3 Å². The predicted molar refractivity (Wildman–Crippen MR) is 174 cm³/mol. The fourth-order valence-electron chi connectivity index (χ4n) is 5.56. The van der Waals surface area contributed by atoms with E-state index < -0.39 is 47.9 Å². The quantitative estimate of drug-likeness (QED) is 0.107. The van der Waals surface area contributed by atoms with Gasteiger partial charge in [-0.2, -0.15) is 0 Å². The van der Waals surface area contributed by atoms with Gasteiger partial charge in [0.1, 0.15) is 18.1 Å². The molecule has 5 atom stereocenters. The van der Waals surface area contributed by atoms with E-state index in [-0.39, 0.29) is 24.7 Å². The maximum atomic E-state index is 14.0. The van der Waals surface area contributed by atoms with Crippen molar-refractivity contribution in [2.75, 3.05) is 0 Å². The Hall–Kier alpha value is -4.64. The molecule has 0 saturated carbocycles. The number of carbonyl (C=O) groups excluding carboxylic acids is 3. The fraction of sp³-hybridized carbons (Fsp3) is 0.412. The van der Waals surface area contributed by atoms with E-state index in [0.29, 0.717) is 12.8 Å². The Bertz CT molecular complexity index is 1640. The van der Waals surface area contributed by atoms with Crippen LogP contribution in [0.1, 0.15) is 51.7 Å². The highest BCUT2D eigenvalue weighted by atomic mass is 16.4. The minimum Gasteiger partial charge on any atom is -0.480 e. The second-order valence-electron chi connectivity index (χ2n) is 12.2. The first kappa shape index (κ1) is 33.3. The summed E-state index contributed by atoms with van der Waals surface area (Å²) in [6, 6.07) is 11.1. The summed E-state index contributed by atoms with van der Waals surface area (Å²) in [4.78, 5) is 59.4. The van der Waals surface area contributed by atoms with Gasteiger partial charge in [-0.15, -0.1) is 0 Å². The summed E-state index contributed by atoms with van der Waals surface area (Å²) in [7, 11) is 0. The standard InChI is InChI=1S/C34H44N6O5/c1-5-20(4)30(34(44)45)40-33(43)29(16-22-18-37-27-13-9-7-11-24(22)27)39-32(42)28(38-31(41)25(35)14-19(2)3)15-21-17-36-26-12-8-6-10-23(21)26/h6-13,17-20,25,28-30,36-37H,5,14-16,35H2,1-4H3,(H,38,41)(H,39,42)(H,40,43)(H,44,45). The van der Waals surface area contributed by atoms with Gasteiger partial charge >= 0.3 is 5.97 Å². The number of para-hydroxylation sites is 2. The number of rotatable bonds is 15. The van der Waals surface area contributed by atoms with Crippen molar-refractivity contribution in [2.24, 2.45) is 17.6 Å². The third-order valence-electron chi connectivity index (χ3n) is 8.30. The average Bonchev–Trinajstić information content (AvgIpc) is 3.62. The van der Waals surface area contributed by atoms with Crippen molar-refractivity contribution in [2.45, 2.75) is 77.5 Å². The van der Waals surface area contributed by atoms with E-state index in [1.807, 2.05) is 69.3 Å². The molecule has 0 spiro atoms. The van der Waals surface area contributed by atoms with Gasteiger partial charge in [-0.3, -0.25) is 14.4 Å². The average molecular weight is 617 g/mol. The van der Waals surface area contributed by atoms with Crippen LogP contribution in [0.3, 0.4) is 0 Å². The Labute approximate surface area is 262 Å². The highest BCUT2D eigenvalue weighted by molar-refractivity contribution is 5.95. The number of nitrogens with one attached hydrogen (secondary N) is 5. The number of fused-ring (bicyclic) bond motifs is 2. The molecule has 2 aromatic carbocycles. The van der Waals surface area contributed by atoms with Gasteiger partial charge in [-0.25, -0.2) is 4.79 Å². The Morgan fingerprint density at radius 1 is 0.756 bits per heavy atom. The van der Waals surface area contributed by atoms with E-state index >= 15 is 0 Å². The number of carboxylic acids is 1. The molecule has 2 aromatic heterocycles. The normalized spacial score (nSPS) is 14.9. The molecular formula is C34H44N6O5. The molecule has 0 bridgehead atoms. The minimum atomic E-state index is -1.15. The number of aliphatic carboxylic acids is 1. The molecule has 0 aliphatic carbocycles. The molecule has 11 heteroatoms. The Kier molecular flexibility index (Phi) is 11.0. The number of hydrogen-bond donors (Lipinski definition) is 7. The van der Waals surface area contributed by atoms with E-state index in [0.717, 1.165) is 32.9 Å². The number of nitrogens with two attached hydrogens (primary N) is 1. The molecule has 5 unspecified atom stereocenters. The Morgan fingerprint density at radius 2 is 1.22 bits per heavy atom. The predicted octanol–water partition coefficient (Wildman–Crippen LogP) is 3.39. The van der Waals surface area contributed by atoms with Crippen molar-refractivity contribution in [3.05, 3.63) is 72.1 Å². The number of carbonyl (C=O) groups is 4. The highest BCUT2D eigenvalue weighted by Gasteiger charge is 2.33. The third kappa shape index (κ3) is 8.30. The van der Waals surface area contributed by atoms with Crippen LogP contribution in [-0.4, -0.2) is 62.9 Å². The van der Waals surface area contributed by atoms with E-state index in [1.165, 1.54) is 0 Å². The van der Waals surface area contributed by atoms with E-state index in [2.05, 4.69) is 25.9 Å². The molecule has 8 N–H and O–H groups in total. The molecule has 4 aromatic rings. The lowest BCUT2D eigenvalue weighted by Gasteiger charge is -2.27. The maximum Gasteiger partial charge on any atom is 0.326 e. The SMILES string of the molecule is CCC(C)C(NC(=O)C(Cc1c[nH]c2ccccc12)NC(=O)C(Cc1c[nH]c2ccccc12)NC(=O)C(N)CC(C)C)C(=O)O. The van der Waals surface area contributed by atoms with Crippen molar-refractivity contribution in [1.29, 1.82) is 0 Å². The molecule has 0 aliphatic heterocycles. The van der Waals surface area contributed by atoms with Crippen molar-refractivity contribution in [1.82, 2.24) is 25.9 Å². The zero-order valence-electron chi connectivity index (χ0n) is 26.2. The molecule has 0 radical (unpaired) electrons. The van der Waals surface area contributed by atoms with Gasteiger partial charge in [0, 0.05) is 47.0 Å². The number of carboxylic acid groups (broad SMARTS) is 1. The summed E-state index contributed by atoms with van der Waals surface area (Å²) >= 11 is 0. The van der Waals surface area contributed by atoms with Crippen LogP contribution in [-0.2, 0) is 32.0 Å². The minimum absolute atomic E-state index is 0.0923. The van der Waals surface area contributed by atoms with Crippen molar-refractivity contribution in [3.63, 3.8) is 0 Å². The molecule has 0 saturated heterocycles. The number of amides is 3. The van der Waals surface area contributed by atoms with Crippen LogP contribution < -0.4 is 21.7 Å². The lowest BCUT2D eigenvalue weighted by Crippen LogP contribution is -2.58. The second kappa shape index (κ2) is 14.9. The first-order chi connectivity index (χ1) is 21.5. The second-order valence-corrected chi connectivity index (χ2v) is 12.2. The lowest BCUT2D eigenvalue weighted by molar-refractivity contribution is -0.143. The van der Waals surface area contributed by atoms with Gasteiger partial charge in [0.25, 0.3) is 0 Å². The summed E-state index contributed by atoms with van der Waals surface area (Å²) in [6.07, 6.45) is 4.77. The molecule has 240 valence electrons. The maximum absolute atomic E-state index is 14.0. The number of aromatic amines is 2. The Morgan fingerprint density at radius 3 is 1.69 bits per heavy atom. The van der Waals surface area contributed by atoms with Gasteiger partial charge in [-0.1, -0.05) is 70.5 Å². The zero-order chi connectivity index (χ0) is 32.7. The highest BCUT2D eigenvalue weighted by Crippen LogP contribution is 2.21. The first-order valence-corrected chi connectivity index (χ1v) is 15.5. The molecule has 3 amide bonds. The van der Waals surface area contributed by atoms with Crippen molar-refractivity contribution >= 4 is 45.5 Å². The lowest BCUT2D eigenvalue weighted by atomic mass is 9.97. The van der Waals surface area contributed by atoms with Crippen LogP contribution in [0.15, 0.2) is 60.9 Å². The molecule has 0 fully saturated rings. The first-order valence-electron chi connectivity index (χ1n) is 15.5. The van der Waals surface area contributed by atoms with Gasteiger partial charge in [0.05, 0.1) is 6.04 Å². The number of aromatic nitrogens is 2. The summed E-state index contributed by atoms with van der Waals surface area (Å²) in [5.74, 6) is -3.01. The van der Waals surface area contributed by atoms with Crippen LogP contribution in [0.5, 0.6) is 0 Å². The molecule has 4 rings (SSSR count). The number of hydrogen-bond acceptors (Lipinski definition) is 5. The van der Waals surface area contributed by atoms with Gasteiger partial charge < -0.3 is 36.8 Å². The molecular weight excluding hydrogens is 572 g/mol. The fourth-order valence-corrected chi connectivity index (χ4v) is 5.56. The topological polar surface area (TPSA) is 182 Å². The molecule has 0 aliphatic rings. The number of benzene rings is 2. The van der Waals surface area contributed by atoms with E-state index in [4.69, 9.17) is 5.73 Å². The number of H-pyrrole nitrogens is 2. The molecule has 11 nitrogen and oxygen atoms in total. The largest absolute Gasteiger partial charge is 0.480 e. The van der Waals surface area contributed by atoms with Gasteiger partial charge in [0.2, 0.25) is 17.7 Å². The van der Waals surface area contributed by atoms with Crippen molar-refractivity contribution in [3.8, 4) is 0 Å². The summed E-state index contributed by atoms with van der Waals surface area (Å²) < 4.78 is 0. The third-order valence-corrected chi connectivity index (χ3v) is 8.30. The van der Waals surface area contributed by atoms with Crippen LogP contribution in [0.2, 0.25) is 0 Å². The van der Waals surface area contributed by atoms with Gasteiger partial charge in [-0.05, 0) is 41.5 Å². The smallest absolute Gasteiger partial charge is 0.326 e. The van der Waals surface area contributed by atoms with Crippen LogP contribution >= 0.6 is 0 Å². The zero-order valence-corrected chi connectivity index (χ0v) is 26.2. The van der Waals surface area contributed by atoms with Crippen LogP contribution in [0, 0.1) is 11.8 Å². The summed E-state index contributed by atoms with van der Waals surface area (Å²) in [5, 5.41) is 19.9. The Balaban J connectivity index is 1.65. The van der Waals surface area contributed by atoms with Gasteiger partial charge in [0.15, 0.2) is 0 Å². The van der Waals surface area contributed by atoms with E-state index in [9.17, 15) is 24.3 Å².